The summed E-state index contributed by atoms with van der Waals surface area (Å²) in [5.41, 5.74) is 4.56. The predicted octanol–water partition coefficient (Wildman–Crippen LogP) is 4.08. The van der Waals surface area contributed by atoms with E-state index >= 15 is 0 Å². The molecule has 1 aliphatic rings. The number of anilines is 1. The maximum absolute atomic E-state index is 3.69. The molecule has 1 aromatic rings. The minimum atomic E-state index is 0.278. The lowest BCUT2D eigenvalue weighted by Crippen LogP contribution is -2.39. The average Bonchev–Trinajstić information content (AvgIpc) is 2.17. The van der Waals surface area contributed by atoms with E-state index in [2.05, 4.69) is 51.2 Å². The van der Waals surface area contributed by atoms with E-state index in [0.717, 1.165) is 0 Å². The van der Waals surface area contributed by atoms with Crippen LogP contribution >= 0.6 is 0 Å². The van der Waals surface area contributed by atoms with Gasteiger partial charge in [-0.1, -0.05) is 26.0 Å². The Labute approximate surface area is 92.9 Å². The summed E-state index contributed by atoms with van der Waals surface area (Å²) in [7, 11) is 0. The Hall–Kier alpha value is -0.980. The number of fused-ring (bicyclic) bond motifs is 1. The Morgan fingerprint density at radius 2 is 2.20 bits per heavy atom. The van der Waals surface area contributed by atoms with Gasteiger partial charge in [-0.15, -0.1) is 0 Å². The van der Waals surface area contributed by atoms with E-state index in [1.54, 1.807) is 0 Å². The highest BCUT2D eigenvalue weighted by atomic mass is 15.0. The first-order chi connectivity index (χ1) is 7.06. The fourth-order valence-corrected chi connectivity index (χ4v) is 2.83. The first kappa shape index (κ1) is 10.5. The lowest BCUT2D eigenvalue weighted by molar-refractivity contribution is 0.406. The minimum absolute atomic E-state index is 0.278. The number of hydrogen-bond donors (Lipinski definition) is 1. The standard InChI is InChI=1S/C14H21N/c1-5-14(4)9-11(3)13-10(2)7-6-8-12(13)15-14/h6-8,11,15H,5,9H2,1-4H3. The second kappa shape index (κ2) is 3.55. The Bertz CT molecular complexity index is 370. The zero-order valence-electron chi connectivity index (χ0n) is 10.2. The molecule has 0 bridgehead atoms. The van der Waals surface area contributed by atoms with E-state index in [4.69, 9.17) is 0 Å². The third-order valence-corrected chi connectivity index (χ3v) is 3.79. The van der Waals surface area contributed by atoms with Gasteiger partial charge in [-0.05, 0) is 49.8 Å². The summed E-state index contributed by atoms with van der Waals surface area (Å²) in [5.74, 6) is 0.674. The highest BCUT2D eigenvalue weighted by molar-refractivity contribution is 5.59. The molecule has 1 heteroatoms. The third kappa shape index (κ3) is 1.75. The summed E-state index contributed by atoms with van der Waals surface area (Å²) >= 11 is 0. The largest absolute Gasteiger partial charge is 0.380 e. The van der Waals surface area contributed by atoms with Crippen molar-refractivity contribution >= 4 is 5.69 Å². The van der Waals surface area contributed by atoms with Crippen LogP contribution in [0.25, 0.3) is 0 Å². The molecule has 2 unspecified atom stereocenters. The van der Waals surface area contributed by atoms with Crippen molar-refractivity contribution in [2.24, 2.45) is 0 Å². The van der Waals surface area contributed by atoms with Crippen molar-refractivity contribution < 1.29 is 0 Å². The van der Waals surface area contributed by atoms with Crippen molar-refractivity contribution in [3.8, 4) is 0 Å². The number of rotatable bonds is 1. The molecule has 2 atom stereocenters. The number of benzene rings is 1. The van der Waals surface area contributed by atoms with Crippen molar-refractivity contribution in [1.82, 2.24) is 0 Å². The van der Waals surface area contributed by atoms with Crippen LogP contribution in [0.4, 0.5) is 5.69 Å². The molecule has 15 heavy (non-hydrogen) atoms. The van der Waals surface area contributed by atoms with Gasteiger partial charge in [0.15, 0.2) is 0 Å². The number of hydrogen-bond acceptors (Lipinski definition) is 1. The van der Waals surface area contributed by atoms with Gasteiger partial charge < -0.3 is 5.32 Å². The topological polar surface area (TPSA) is 12.0 Å². The molecule has 2 rings (SSSR count). The molecular weight excluding hydrogens is 182 g/mol. The van der Waals surface area contributed by atoms with Crippen LogP contribution in [0, 0.1) is 6.92 Å². The zero-order chi connectivity index (χ0) is 11.1. The second-order valence-corrected chi connectivity index (χ2v) is 5.18. The molecule has 0 aromatic heterocycles. The van der Waals surface area contributed by atoms with Crippen LogP contribution in [0.5, 0.6) is 0 Å². The Balaban J connectivity index is 2.45. The molecule has 0 saturated carbocycles. The van der Waals surface area contributed by atoms with Crippen molar-refractivity contribution in [1.29, 1.82) is 0 Å². The van der Waals surface area contributed by atoms with E-state index in [9.17, 15) is 0 Å². The molecule has 1 aromatic carbocycles. The van der Waals surface area contributed by atoms with Crippen LogP contribution in [0.1, 0.15) is 50.7 Å². The van der Waals surface area contributed by atoms with E-state index in [0.29, 0.717) is 5.92 Å². The van der Waals surface area contributed by atoms with Gasteiger partial charge in [0.25, 0.3) is 0 Å². The second-order valence-electron chi connectivity index (χ2n) is 5.18. The molecule has 0 amide bonds. The Morgan fingerprint density at radius 3 is 2.87 bits per heavy atom. The van der Waals surface area contributed by atoms with Gasteiger partial charge in [0.05, 0.1) is 0 Å². The smallest absolute Gasteiger partial charge is 0.0382 e. The third-order valence-electron chi connectivity index (χ3n) is 3.79. The first-order valence-electron chi connectivity index (χ1n) is 5.93. The molecule has 0 saturated heterocycles. The monoisotopic (exact) mass is 203 g/mol. The van der Waals surface area contributed by atoms with Gasteiger partial charge in [-0.2, -0.15) is 0 Å². The number of aryl methyl sites for hydroxylation is 1. The first-order valence-corrected chi connectivity index (χ1v) is 5.93. The van der Waals surface area contributed by atoms with Crippen molar-refractivity contribution in [3.05, 3.63) is 29.3 Å². The van der Waals surface area contributed by atoms with Crippen LogP contribution in [0.2, 0.25) is 0 Å². The summed E-state index contributed by atoms with van der Waals surface area (Å²) in [6.07, 6.45) is 2.42. The van der Waals surface area contributed by atoms with Gasteiger partial charge in [-0.25, -0.2) is 0 Å². The average molecular weight is 203 g/mol. The molecular formula is C14H21N. The molecule has 1 N–H and O–H groups in total. The van der Waals surface area contributed by atoms with E-state index < -0.39 is 0 Å². The lowest BCUT2D eigenvalue weighted by atomic mass is 9.78. The number of nitrogens with one attached hydrogen (secondary N) is 1. The van der Waals surface area contributed by atoms with E-state index in [-0.39, 0.29) is 5.54 Å². The van der Waals surface area contributed by atoms with E-state index in [1.165, 1.54) is 29.7 Å². The maximum Gasteiger partial charge on any atom is 0.0382 e. The molecule has 0 aliphatic carbocycles. The summed E-state index contributed by atoms with van der Waals surface area (Å²) in [4.78, 5) is 0. The Kier molecular flexibility index (Phi) is 2.49. The molecule has 82 valence electrons. The van der Waals surface area contributed by atoms with Crippen LogP contribution < -0.4 is 5.32 Å². The van der Waals surface area contributed by atoms with Crippen molar-refractivity contribution in [3.63, 3.8) is 0 Å². The molecule has 0 fully saturated rings. The lowest BCUT2D eigenvalue weighted by Gasteiger charge is -2.40. The van der Waals surface area contributed by atoms with Gasteiger partial charge in [-0.3, -0.25) is 0 Å². The van der Waals surface area contributed by atoms with Gasteiger partial charge in [0, 0.05) is 11.2 Å². The quantitative estimate of drug-likeness (QED) is 0.725. The zero-order valence-corrected chi connectivity index (χ0v) is 10.2. The molecule has 1 nitrogen and oxygen atoms in total. The minimum Gasteiger partial charge on any atom is -0.380 e. The maximum atomic E-state index is 3.69. The fourth-order valence-electron chi connectivity index (χ4n) is 2.83. The molecule has 0 spiro atoms. The predicted molar refractivity (Wildman–Crippen MR) is 66.5 cm³/mol. The molecule has 1 heterocycles. The van der Waals surface area contributed by atoms with Crippen LogP contribution in [-0.4, -0.2) is 5.54 Å². The Morgan fingerprint density at radius 1 is 1.47 bits per heavy atom. The van der Waals surface area contributed by atoms with Gasteiger partial charge >= 0.3 is 0 Å². The molecule has 0 radical (unpaired) electrons. The van der Waals surface area contributed by atoms with Crippen LogP contribution in [0.15, 0.2) is 18.2 Å². The van der Waals surface area contributed by atoms with Gasteiger partial charge in [0.1, 0.15) is 0 Å². The molecule has 1 aliphatic heterocycles. The normalized spacial score (nSPS) is 29.5. The van der Waals surface area contributed by atoms with Crippen LogP contribution in [-0.2, 0) is 0 Å². The fraction of sp³-hybridized carbons (Fsp3) is 0.571. The highest BCUT2D eigenvalue weighted by Crippen LogP contribution is 2.41. The van der Waals surface area contributed by atoms with Gasteiger partial charge in [0.2, 0.25) is 0 Å². The van der Waals surface area contributed by atoms with Crippen LogP contribution in [0.3, 0.4) is 0 Å². The van der Waals surface area contributed by atoms with Crippen molar-refractivity contribution in [2.75, 3.05) is 5.32 Å². The summed E-state index contributed by atoms with van der Waals surface area (Å²) < 4.78 is 0. The SMILES string of the molecule is CCC1(C)CC(C)c2c(C)cccc2N1. The van der Waals surface area contributed by atoms with E-state index in [1.807, 2.05) is 0 Å². The highest BCUT2D eigenvalue weighted by Gasteiger charge is 2.32. The summed E-state index contributed by atoms with van der Waals surface area (Å²) in [5, 5.41) is 3.69. The summed E-state index contributed by atoms with van der Waals surface area (Å²) in [6, 6.07) is 6.58. The van der Waals surface area contributed by atoms with Crippen molar-refractivity contribution in [2.45, 2.75) is 52.0 Å². The summed E-state index contributed by atoms with van der Waals surface area (Å²) in [6.45, 7) is 9.15.